The SMILES string of the molecule is CC(C)Cc1cc(-c2ncnc3c2sc2cc(C(C)(C)C)ccc23)cc2cc([Si](C)(C)C)ccc12. The molecule has 5 rings (SSSR count). The Morgan fingerprint density at radius 2 is 1.63 bits per heavy atom. The van der Waals surface area contributed by atoms with Crippen molar-refractivity contribution in [3.8, 4) is 11.3 Å². The molecule has 0 aliphatic carbocycles. The van der Waals surface area contributed by atoms with Crippen LogP contribution in [0, 0.1) is 5.92 Å². The van der Waals surface area contributed by atoms with Gasteiger partial charge in [-0.25, -0.2) is 9.97 Å². The zero-order chi connectivity index (χ0) is 25.1. The van der Waals surface area contributed by atoms with E-state index in [-0.39, 0.29) is 5.41 Å². The fourth-order valence-electron chi connectivity index (χ4n) is 4.91. The third kappa shape index (κ3) is 4.54. The van der Waals surface area contributed by atoms with Crippen LogP contribution in [0.1, 0.15) is 45.7 Å². The van der Waals surface area contributed by atoms with Gasteiger partial charge in [0.25, 0.3) is 0 Å². The van der Waals surface area contributed by atoms with Crippen LogP contribution < -0.4 is 5.19 Å². The molecule has 0 fully saturated rings. The lowest BCUT2D eigenvalue weighted by molar-refractivity contribution is 0.591. The van der Waals surface area contributed by atoms with Crippen molar-refractivity contribution in [1.82, 2.24) is 9.97 Å². The highest BCUT2D eigenvalue weighted by Gasteiger charge is 2.20. The lowest BCUT2D eigenvalue weighted by Crippen LogP contribution is -2.37. The van der Waals surface area contributed by atoms with Gasteiger partial charge < -0.3 is 0 Å². The molecular formula is C31H36N2SSi. The quantitative estimate of drug-likeness (QED) is 0.232. The van der Waals surface area contributed by atoms with Gasteiger partial charge in [-0.15, -0.1) is 11.3 Å². The Labute approximate surface area is 214 Å². The van der Waals surface area contributed by atoms with E-state index in [1.165, 1.54) is 47.4 Å². The van der Waals surface area contributed by atoms with Crippen LogP contribution in [0.15, 0.2) is 54.9 Å². The van der Waals surface area contributed by atoms with Crippen LogP contribution >= 0.6 is 11.3 Å². The van der Waals surface area contributed by atoms with Gasteiger partial charge in [-0.05, 0) is 57.9 Å². The van der Waals surface area contributed by atoms with Gasteiger partial charge in [0.15, 0.2) is 0 Å². The summed E-state index contributed by atoms with van der Waals surface area (Å²) in [5, 5.41) is 5.44. The average Bonchev–Trinajstić information content (AvgIpc) is 3.15. The molecule has 2 heterocycles. The Morgan fingerprint density at radius 3 is 2.31 bits per heavy atom. The Morgan fingerprint density at radius 1 is 0.886 bits per heavy atom. The zero-order valence-electron chi connectivity index (χ0n) is 22.3. The van der Waals surface area contributed by atoms with Crippen LogP contribution in [0.25, 0.3) is 42.3 Å². The van der Waals surface area contributed by atoms with Crippen molar-refractivity contribution in [2.75, 3.05) is 0 Å². The van der Waals surface area contributed by atoms with E-state index in [1.54, 1.807) is 6.33 Å². The summed E-state index contributed by atoms with van der Waals surface area (Å²) in [6.45, 7) is 18.7. The molecule has 35 heavy (non-hydrogen) atoms. The second kappa shape index (κ2) is 8.53. The minimum absolute atomic E-state index is 0.122. The first-order valence-corrected chi connectivity index (χ1v) is 17.0. The van der Waals surface area contributed by atoms with Crippen molar-refractivity contribution in [2.24, 2.45) is 5.92 Å². The third-order valence-corrected chi connectivity index (χ3v) is 10.1. The minimum atomic E-state index is -1.41. The van der Waals surface area contributed by atoms with Crippen LogP contribution in [0.3, 0.4) is 0 Å². The summed E-state index contributed by atoms with van der Waals surface area (Å²) in [6.07, 6.45) is 2.80. The van der Waals surface area contributed by atoms with Crippen molar-refractivity contribution in [1.29, 1.82) is 0 Å². The van der Waals surface area contributed by atoms with Crippen molar-refractivity contribution in [3.63, 3.8) is 0 Å². The molecular weight excluding hydrogens is 461 g/mol. The molecule has 0 unspecified atom stereocenters. The molecule has 0 aliphatic rings. The molecule has 0 radical (unpaired) electrons. The molecule has 0 spiro atoms. The maximum Gasteiger partial charge on any atom is 0.116 e. The molecule has 0 aliphatic heterocycles. The summed E-state index contributed by atoms with van der Waals surface area (Å²) in [5.41, 5.74) is 6.22. The maximum absolute atomic E-state index is 4.85. The topological polar surface area (TPSA) is 25.8 Å². The van der Waals surface area contributed by atoms with Gasteiger partial charge in [0.05, 0.1) is 24.0 Å². The van der Waals surface area contributed by atoms with Crippen molar-refractivity contribution in [2.45, 2.75) is 66.1 Å². The second-order valence-corrected chi connectivity index (χ2v) is 18.5. The molecule has 0 atom stereocenters. The van der Waals surface area contributed by atoms with Gasteiger partial charge in [0.2, 0.25) is 0 Å². The van der Waals surface area contributed by atoms with Gasteiger partial charge in [-0.2, -0.15) is 0 Å². The van der Waals surface area contributed by atoms with Crippen LogP contribution in [-0.2, 0) is 11.8 Å². The van der Waals surface area contributed by atoms with Crippen LogP contribution in [-0.4, -0.2) is 18.0 Å². The highest BCUT2D eigenvalue weighted by molar-refractivity contribution is 7.26. The molecule has 4 heteroatoms. The van der Waals surface area contributed by atoms with Gasteiger partial charge in [-0.3, -0.25) is 0 Å². The average molecular weight is 497 g/mol. The number of aromatic nitrogens is 2. The number of hydrogen-bond donors (Lipinski definition) is 0. The first-order valence-electron chi connectivity index (χ1n) is 12.7. The number of rotatable bonds is 4. The number of nitrogens with zero attached hydrogens (tertiary/aromatic N) is 2. The Balaban J connectivity index is 1.76. The third-order valence-electron chi connectivity index (χ3n) is 6.92. The van der Waals surface area contributed by atoms with E-state index in [0.29, 0.717) is 5.92 Å². The summed E-state index contributed by atoms with van der Waals surface area (Å²) < 4.78 is 2.48. The first-order chi connectivity index (χ1) is 16.4. The molecule has 0 saturated carbocycles. The first kappa shape index (κ1) is 24.1. The molecule has 5 aromatic rings. The molecule has 0 amide bonds. The molecule has 0 saturated heterocycles. The normalized spacial score (nSPS) is 12.9. The van der Waals surface area contributed by atoms with E-state index in [0.717, 1.165) is 17.6 Å². The molecule has 2 nitrogen and oxygen atoms in total. The van der Waals surface area contributed by atoms with Crippen LogP contribution in [0.5, 0.6) is 0 Å². The predicted octanol–water partition coefficient (Wildman–Crippen LogP) is 8.71. The predicted molar refractivity (Wildman–Crippen MR) is 158 cm³/mol. The zero-order valence-corrected chi connectivity index (χ0v) is 24.1. The van der Waals surface area contributed by atoms with Gasteiger partial charge in [0, 0.05) is 15.6 Å². The van der Waals surface area contributed by atoms with E-state index in [2.05, 4.69) is 103 Å². The largest absolute Gasteiger partial charge is 0.235 e. The van der Waals surface area contributed by atoms with Crippen LogP contribution in [0.4, 0.5) is 0 Å². The number of hydrogen-bond acceptors (Lipinski definition) is 3. The fourth-order valence-corrected chi connectivity index (χ4v) is 7.29. The van der Waals surface area contributed by atoms with Crippen LogP contribution in [0.2, 0.25) is 19.6 Å². The van der Waals surface area contributed by atoms with Crippen molar-refractivity contribution >= 4 is 55.7 Å². The van der Waals surface area contributed by atoms with E-state index in [4.69, 9.17) is 9.97 Å². The Kier molecular flexibility index (Phi) is 5.88. The van der Waals surface area contributed by atoms with E-state index in [9.17, 15) is 0 Å². The van der Waals surface area contributed by atoms with E-state index >= 15 is 0 Å². The molecule has 180 valence electrons. The number of benzene rings is 3. The van der Waals surface area contributed by atoms with Gasteiger partial charge >= 0.3 is 0 Å². The second-order valence-electron chi connectivity index (χ2n) is 12.4. The summed E-state index contributed by atoms with van der Waals surface area (Å²) in [7, 11) is -1.41. The van der Waals surface area contributed by atoms with Gasteiger partial charge in [0.1, 0.15) is 6.33 Å². The van der Waals surface area contributed by atoms with E-state index < -0.39 is 8.07 Å². The summed E-state index contributed by atoms with van der Waals surface area (Å²) in [5.74, 6) is 0.593. The molecule has 0 bridgehead atoms. The molecule has 0 N–H and O–H groups in total. The van der Waals surface area contributed by atoms with Crippen molar-refractivity contribution < 1.29 is 0 Å². The number of thiophene rings is 1. The molecule has 3 aromatic carbocycles. The fraction of sp³-hybridized carbons (Fsp3) is 0.355. The maximum atomic E-state index is 4.85. The highest BCUT2D eigenvalue weighted by atomic mass is 32.1. The monoisotopic (exact) mass is 496 g/mol. The summed E-state index contributed by atoms with van der Waals surface area (Å²) in [6, 6.07) is 18.7. The standard InChI is InChI=1S/C31H36N2SSi/c1-19(2)13-20-14-22(15-21-16-24(35(6,7)8)10-12-25(20)21)28-30-29(33-18-32-28)26-11-9-23(31(3,4)5)17-27(26)34-30/h9-12,14-19H,13H2,1-8H3. The van der Waals surface area contributed by atoms with Crippen molar-refractivity contribution in [3.05, 3.63) is 66.0 Å². The lowest BCUT2D eigenvalue weighted by atomic mass is 9.87. The summed E-state index contributed by atoms with van der Waals surface area (Å²) >= 11 is 1.83. The smallest absolute Gasteiger partial charge is 0.116 e. The Hall–Kier alpha value is -2.56. The van der Waals surface area contributed by atoms with E-state index in [1.807, 2.05) is 11.3 Å². The Bertz CT molecular complexity index is 1570. The summed E-state index contributed by atoms with van der Waals surface area (Å²) in [4.78, 5) is 9.58. The molecule has 2 aromatic heterocycles. The lowest BCUT2D eigenvalue weighted by Gasteiger charge is -2.19. The van der Waals surface area contributed by atoms with Gasteiger partial charge in [-0.1, -0.05) is 89.8 Å². The minimum Gasteiger partial charge on any atom is -0.235 e. The number of fused-ring (bicyclic) bond motifs is 4. The highest BCUT2D eigenvalue weighted by Crippen LogP contribution is 2.40.